The van der Waals surface area contributed by atoms with Crippen LogP contribution in [-0.4, -0.2) is 34.2 Å². The molecule has 0 spiro atoms. The van der Waals surface area contributed by atoms with Gasteiger partial charge < -0.3 is 15.5 Å². The number of carbonyl (C=O) groups excluding carboxylic acids is 1. The van der Waals surface area contributed by atoms with Crippen LogP contribution < -0.4 is 5.32 Å². The first-order chi connectivity index (χ1) is 9.41. The summed E-state index contributed by atoms with van der Waals surface area (Å²) in [5, 5.41) is 22.3. The number of carbonyl (C=O) groups is 2. The van der Waals surface area contributed by atoms with Crippen LogP contribution in [0.15, 0.2) is 0 Å². The minimum Gasteiger partial charge on any atom is -0.481 e. The number of aliphatic hydroxyl groups is 1. The topological polar surface area (TPSA) is 86.6 Å². The molecule has 0 aromatic carbocycles. The van der Waals surface area contributed by atoms with E-state index >= 15 is 0 Å². The lowest BCUT2D eigenvalue weighted by Gasteiger charge is -2.32. The number of amides is 1. The van der Waals surface area contributed by atoms with Gasteiger partial charge in [-0.05, 0) is 31.6 Å². The molecule has 2 aliphatic rings. The number of nitrogens with one attached hydrogen (secondary N) is 1. The molecule has 0 heterocycles. The maximum Gasteiger partial charge on any atom is 0.307 e. The Balaban J connectivity index is 1.89. The van der Waals surface area contributed by atoms with Gasteiger partial charge in [-0.3, -0.25) is 9.59 Å². The van der Waals surface area contributed by atoms with Crippen LogP contribution in [0.2, 0.25) is 0 Å². The molecule has 2 saturated carbocycles. The highest BCUT2D eigenvalue weighted by atomic mass is 16.4. The number of hydrogen-bond acceptors (Lipinski definition) is 3. The molecule has 0 aromatic rings. The standard InChI is InChI=1S/C15H25NO4/c1-10-7-11(12(8-10)14(18)19)13(17)16-9-15(20)5-3-2-4-6-15/h10-12,20H,2-9H2,1H3,(H,16,17)(H,18,19). The highest BCUT2D eigenvalue weighted by molar-refractivity contribution is 5.85. The summed E-state index contributed by atoms with van der Waals surface area (Å²) in [5.74, 6) is -1.85. The summed E-state index contributed by atoms with van der Waals surface area (Å²) in [6.45, 7) is 2.24. The summed E-state index contributed by atoms with van der Waals surface area (Å²) in [6.07, 6.45) is 5.75. The Labute approximate surface area is 119 Å². The van der Waals surface area contributed by atoms with Gasteiger partial charge >= 0.3 is 5.97 Å². The molecule has 2 aliphatic carbocycles. The van der Waals surface area contributed by atoms with Crippen molar-refractivity contribution in [1.29, 1.82) is 0 Å². The van der Waals surface area contributed by atoms with Crippen LogP contribution in [0.4, 0.5) is 0 Å². The van der Waals surface area contributed by atoms with Crippen molar-refractivity contribution < 1.29 is 19.8 Å². The molecule has 2 fully saturated rings. The van der Waals surface area contributed by atoms with E-state index in [1.807, 2.05) is 6.92 Å². The van der Waals surface area contributed by atoms with Crippen LogP contribution in [0.3, 0.4) is 0 Å². The van der Waals surface area contributed by atoms with Crippen molar-refractivity contribution in [3.8, 4) is 0 Å². The normalized spacial score (nSPS) is 32.8. The highest BCUT2D eigenvalue weighted by Gasteiger charge is 2.41. The van der Waals surface area contributed by atoms with Crippen LogP contribution in [0.25, 0.3) is 0 Å². The molecule has 0 aromatic heterocycles. The molecule has 1 amide bonds. The fourth-order valence-corrected chi connectivity index (χ4v) is 3.62. The Morgan fingerprint density at radius 3 is 2.35 bits per heavy atom. The molecule has 20 heavy (non-hydrogen) atoms. The summed E-state index contributed by atoms with van der Waals surface area (Å²) < 4.78 is 0. The van der Waals surface area contributed by atoms with Gasteiger partial charge in [-0.1, -0.05) is 26.2 Å². The van der Waals surface area contributed by atoms with Gasteiger partial charge in [-0.25, -0.2) is 0 Å². The van der Waals surface area contributed by atoms with E-state index in [-0.39, 0.29) is 18.4 Å². The smallest absolute Gasteiger partial charge is 0.307 e. The minimum absolute atomic E-state index is 0.208. The van der Waals surface area contributed by atoms with E-state index in [1.165, 1.54) is 0 Å². The molecule has 3 N–H and O–H groups in total. The highest BCUT2D eigenvalue weighted by Crippen LogP contribution is 2.36. The van der Waals surface area contributed by atoms with Crippen molar-refractivity contribution in [3.05, 3.63) is 0 Å². The van der Waals surface area contributed by atoms with Gasteiger partial charge in [0.1, 0.15) is 0 Å². The van der Waals surface area contributed by atoms with Gasteiger partial charge in [-0.2, -0.15) is 0 Å². The van der Waals surface area contributed by atoms with Crippen molar-refractivity contribution in [2.75, 3.05) is 6.54 Å². The Morgan fingerprint density at radius 1 is 1.15 bits per heavy atom. The summed E-state index contributed by atoms with van der Waals surface area (Å²) in [7, 11) is 0. The van der Waals surface area contributed by atoms with E-state index < -0.39 is 23.4 Å². The Bertz CT molecular complexity index is 376. The third kappa shape index (κ3) is 3.51. The Hall–Kier alpha value is -1.10. The predicted octanol–water partition coefficient (Wildman–Crippen LogP) is 1.54. The summed E-state index contributed by atoms with van der Waals surface area (Å²) in [5.41, 5.74) is -0.795. The predicted molar refractivity (Wildman–Crippen MR) is 74.1 cm³/mol. The van der Waals surface area contributed by atoms with Gasteiger partial charge in [0.15, 0.2) is 0 Å². The number of carboxylic acids is 1. The van der Waals surface area contributed by atoms with Crippen molar-refractivity contribution in [3.63, 3.8) is 0 Å². The van der Waals surface area contributed by atoms with E-state index in [2.05, 4.69) is 5.32 Å². The van der Waals surface area contributed by atoms with Crippen LogP contribution in [0, 0.1) is 17.8 Å². The van der Waals surface area contributed by atoms with E-state index in [4.69, 9.17) is 0 Å². The van der Waals surface area contributed by atoms with Gasteiger partial charge in [-0.15, -0.1) is 0 Å². The molecule has 5 nitrogen and oxygen atoms in total. The Morgan fingerprint density at radius 2 is 1.75 bits per heavy atom. The quantitative estimate of drug-likeness (QED) is 0.730. The zero-order valence-electron chi connectivity index (χ0n) is 12.1. The van der Waals surface area contributed by atoms with Crippen molar-refractivity contribution in [2.45, 2.75) is 57.5 Å². The SMILES string of the molecule is CC1CC(C(=O)O)C(C(=O)NCC2(O)CCCCC2)C1. The third-order valence-electron chi connectivity index (χ3n) is 4.83. The lowest BCUT2D eigenvalue weighted by Crippen LogP contribution is -2.46. The van der Waals surface area contributed by atoms with Gasteiger partial charge in [0, 0.05) is 6.54 Å². The Kier molecular flexibility index (Phi) is 4.68. The zero-order valence-corrected chi connectivity index (χ0v) is 12.1. The van der Waals surface area contributed by atoms with Crippen molar-refractivity contribution in [2.24, 2.45) is 17.8 Å². The number of hydrogen-bond donors (Lipinski definition) is 3. The number of rotatable bonds is 4. The summed E-state index contributed by atoms with van der Waals surface area (Å²) in [6, 6.07) is 0. The molecule has 0 saturated heterocycles. The number of carboxylic acid groups (broad SMARTS) is 1. The lowest BCUT2D eigenvalue weighted by atomic mass is 9.84. The van der Waals surface area contributed by atoms with Gasteiger partial charge in [0.05, 0.1) is 17.4 Å². The third-order valence-corrected chi connectivity index (χ3v) is 4.83. The molecule has 0 bridgehead atoms. The van der Waals surface area contributed by atoms with Gasteiger partial charge in [0.25, 0.3) is 0 Å². The molecule has 3 atom stereocenters. The molecule has 0 radical (unpaired) electrons. The summed E-state index contributed by atoms with van der Waals surface area (Å²) >= 11 is 0. The van der Waals surface area contributed by atoms with Crippen molar-refractivity contribution >= 4 is 11.9 Å². The molecular formula is C15H25NO4. The van der Waals surface area contributed by atoms with E-state index in [1.54, 1.807) is 0 Å². The van der Waals surface area contributed by atoms with Crippen LogP contribution >= 0.6 is 0 Å². The second-order valence-electron chi connectivity index (χ2n) is 6.63. The second kappa shape index (κ2) is 6.12. The van der Waals surface area contributed by atoms with E-state index in [0.29, 0.717) is 12.8 Å². The molecular weight excluding hydrogens is 258 g/mol. The first-order valence-corrected chi connectivity index (χ1v) is 7.64. The zero-order chi connectivity index (χ0) is 14.8. The lowest BCUT2D eigenvalue weighted by molar-refractivity contribution is -0.146. The molecule has 3 unspecified atom stereocenters. The van der Waals surface area contributed by atoms with Crippen LogP contribution in [0.5, 0.6) is 0 Å². The largest absolute Gasteiger partial charge is 0.481 e. The molecule has 2 rings (SSSR count). The summed E-state index contributed by atoms with van der Waals surface area (Å²) in [4.78, 5) is 23.4. The second-order valence-corrected chi connectivity index (χ2v) is 6.63. The monoisotopic (exact) mass is 283 g/mol. The van der Waals surface area contributed by atoms with Crippen LogP contribution in [-0.2, 0) is 9.59 Å². The van der Waals surface area contributed by atoms with Crippen LogP contribution in [0.1, 0.15) is 51.9 Å². The molecule has 114 valence electrons. The maximum absolute atomic E-state index is 12.2. The molecule has 0 aliphatic heterocycles. The number of aliphatic carboxylic acids is 1. The maximum atomic E-state index is 12.2. The average Bonchev–Trinajstić information content (AvgIpc) is 2.79. The fourth-order valence-electron chi connectivity index (χ4n) is 3.62. The minimum atomic E-state index is -0.883. The van der Waals surface area contributed by atoms with Crippen molar-refractivity contribution in [1.82, 2.24) is 5.32 Å². The first-order valence-electron chi connectivity index (χ1n) is 7.64. The van der Waals surface area contributed by atoms with Gasteiger partial charge in [0.2, 0.25) is 5.91 Å². The molecule has 5 heteroatoms. The average molecular weight is 283 g/mol. The first kappa shape index (κ1) is 15.3. The fraction of sp³-hybridized carbons (Fsp3) is 0.867. The van der Waals surface area contributed by atoms with E-state index in [0.717, 1.165) is 32.1 Å². The van der Waals surface area contributed by atoms with E-state index in [9.17, 15) is 19.8 Å².